The van der Waals surface area contributed by atoms with Crippen LogP contribution < -0.4 is 10.2 Å². The number of rotatable bonds is 4. The SMILES string of the molecule is CCNC(=NCc1ccc(N(C)C)c(F)c1)N1CC[C@@H](O)C1.I. The second-order valence-electron chi connectivity index (χ2n) is 5.74. The second kappa shape index (κ2) is 9.27. The Balaban J connectivity index is 0.00000264. The molecule has 130 valence electrons. The average Bonchev–Trinajstić information content (AvgIpc) is 2.89. The topological polar surface area (TPSA) is 51.1 Å². The van der Waals surface area contributed by atoms with Crippen LogP contribution in [0.15, 0.2) is 23.2 Å². The number of halogens is 2. The summed E-state index contributed by atoms with van der Waals surface area (Å²) in [5, 5.41) is 12.9. The van der Waals surface area contributed by atoms with Gasteiger partial charge in [-0.3, -0.25) is 0 Å². The van der Waals surface area contributed by atoms with Crippen molar-refractivity contribution in [3.05, 3.63) is 29.6 Å². The van der Waals surface area contributed by atoms with Crippen LogP contribution in [0.1, 0.15) is 18.9 Å². The van der Waals surface area contributed by atoms with Gasteiger partial charge in [-0.05, 0) is 31.0 Å². The van der Waals surface area contributed by atoms with Gasteiger partial charge in [0.05, 0.1) is 18.3 Å². The molecule has 0 bridgehead atoms. The lowest BCUT2D eigenvalue weighted by atomic mass is 10.2. The Kier molecular flexibility index (Phi) is 8.04. The Labute approximate surface area is 154 Å². The fourth-order valence-corrected chi connectivity index (χ4v) is 2.54. The standard InChI is InChI=1S/C16H25FN4O.HI/c1-4-18-16(21-8-7-13(22)11-21)19-10-12-5-6-15(20(2)3)14(17)9-12;/h5-6,9,13,22H,4,7-8,10-11H2,1-3H3,(H,18,19);1H/t13-;/m1./s1. The van der Waals surface area contributed by atoms with Gasteiger partial charge in [0.1, 0.15) is 5.82 Å². The number of aliphatic hydroxyl groups is 1. The maximum atomic E-state index is 14.0. The molecule has 1 aromatic rings. The van der Waals surface area contributed by atoms with E-state index in [0.717, 1.165) is 31.0 Å². The van der Waals surface area contributed by atoms with Crippen molar-refractivity contribution in [1.29, 1.82) is 0 Å². The number of aliphatic hydroxyl groups excluding tert-OH is 1. The van der Waals surface area contributed by atoms with Crippen molar-refractivity contribution < 1.29 is 9.50 Å². The average molecular weight is 436 g/mol. The summed E-state index contributed by atoms with van der Waals surface area (Å²) in [6.07, 6.45) is 0.469. The van der Waals surface area contributed by atoms with Gasteiger partial charge in [-0.2, -0.15) is 0 Å². The Hall–Kier alpha value is -1.09. The van der Waals surface area contributed by atoms with E-state index in [0.29, 0.717) is 18.8 Å². The molecule has 0 aliphatic carbocycles. The van der Waals surface area contributed by atoms with Crippen LogP contribution in [0.3, 0.4) is 0 Å². The molecule has 23 heavy (non-hydrogen) atoms. The highest BCUT2D eigenvalue weighted by atomic mass is 127. The number of anilines is 1. The minimum Gasteiger partial charge on any atom is -0.391 e. The highest BCUT2D eigenvalue weighted by Gasteiger charge is 2.22. The Bertz CT molecular complexity index is 539. The first-order valence-corrected chi connectivity index (χ1v) is 7.68. The number of guanidine groups is 1. The maximum absolute atomic E-state index is 14.0. The predicted molar refractivity (Wildman–Crippen MR) is 103 cm³/mol. The van der Waals surface area contributed by atoms with Crippen LogP contribution in [0.25, 0.3) is 0 Å². The van der Waals surface area contributed by atoms with Crippen LogP contribution in [0.4, 0.5) is 10.1 Å². The lowest BCUT2D eigenvalue weighted by Crippen LogP contribution is -2.40. The molecule has 1 aliphatic rings. The zero-order valence-electron chi connectivity index (χ0n) is 13.9. The van der Waals surface area contributed by atoms with Crippen LogP contribution in [-0.4, -0.2) is 55.8 Å². The summed E-state index contributed by atoms with van der Waals surface area (Å²) >= 11 is 0. The molecule has 2 N–H and O–H groups in total. The lowest BCUT2D eigenvalue weighted by molar-refractivity contribution is 0.188. The van der Waals surface area contributed by atoms with Crippen molar-refractivity contribution in [1.82, 2.24) is 10.2 Å². The molecule has 0 radical (unpaired) electrons. The molecule has 0 saturated carbocycles. The van der Waals surface area contributed by atoms with Gasteiger partial charge in [-0.25, -0.2) is 9.38 Å². The number of aliphatic imine (C=N–C) groups is 1. The second-order valence-corrected chi connectivity index (χ2v) is 5.74. The molecule has 0 spiro atoms. The van der Waals surface area contributed by atoms with E-state index in [1.54, 1.807) is 11.0 Å². The summed E-state index contributed by atoms with van der Waals surface area (Å²) in [6, 6.07) is 5.19. The summed E-state index contributed by atoms with van der Waals surface area (Å²) in [5.74, 6) is 0.537. The molecule has 1 heterocycles. The zero-order valence-corrected chi connectivity index (χ0v) is 16.3. The van der Waals surface area contributed by atoms with Crippen molar-refractivity contribution in [3.8, 4) is 0 Å². The fraction of sp³-hybridized carbons (Fsp3) is 0.562. The van der Waals surface area contributed by atoms with Crippen molar-refractivity contribution in [3.63, 3.8) is 0 Å². The largest absolute Gasteiger partial charge is 0.391 e. The highest BCUT2D eigenvalue weighted by Crippen LogP contribution is 2.19. The van der Waals surface area contributed by atoms with Crippen molar-refractivity contribution in [2.45, 2.75) is 26.0 Å². The van der Waals surface area contributed by atoms with Crippen LogP contribution >= 0.6 is 24.0 Å². The van der Waals surface area contributed by atoms with Gasteiger partial charge in [0, 0.05) is 33.7 Å². The van der Waals surface area contributed by atoms with Crippen molar-refractivity contribution >= 4 is 35.6 Å². The molecule has 5 nitrogen and oxygen atoms in total. The molecular weight excluding hydrogens is 410 g/mol. The Morgan fingerprint density at radius 1 is 1.48 bits per heavy atom. The molecule has 0 aromatic heterocycles. The van der Waals surface area contributed by atoms with Crippen molar-refractivity contribution in [2.75, 3.05) is 38.6 Å². The van der Waals surface area contributed by atoms with Crippen LogP contribution in [0.5, 0.6) is 0 Å². The van der Waals surface area contributed by atoms with Crippen molar-refractivity contribution in [2.24, 2.45) is 4.99 Å². The van der Waals surface area contributed by atoms with E-state index in [2.05, 4.69) is 10.3 Å². The van der Waals surface area contributed by atoms with E-state index in [-0.39, 0.29) is 35.9 Å². The number of nitrogens with one attached hydrogen (secondary N) is 1. The smallest absolute Gasteiger partial charge is 0.194 e. The van der Waals surface area contributed by atoms with Gasteiger partial charge in [0.2, 0.25) is 0 Å². The molecule has 1 aliphatic heterocycles. The summed E-state index contributed by atoms with van der Waals surface area (Å²) in [4.78, 5) is 8.34. The van der Waals surface area contributed by atoms with Gasteiger partial charge in [-0.15, -0.1) is 24.0 Å². The number of β-amino-alcohol motifs (C(OH)–C–C–N with tert-alkyl or cyclic N) is 1. The summed E-state index contributed by atoms with van der Waals surface area (Å²) in [7, 11) is 3.64. The Morgan fingerprint density at radius 2 is 2.22 bits per heavy atom. The number of hydrogen-bond acceptors (Lipinski definition) is 3. The molecule has 1 fully saturated rings. The third-order valence-corrected chi connectivity index (χ3v) is 3.70. The molecule has 1 atom stereocenters. The van der Waals surface area contributed by atoms with Crippen LogP contribution in [0.2, 0.25) is 0 Å². The number of likely N-dealkylation sites (tertiary alicyclic amines) is 1. The first-order valence-electron chi connectivity index (χ1n) is 7.68. The number of nitrogens with zero attached hydrogens (tertiary/aromatic N) is 3. The first kappa shape index (κ1) is 20.0. The number of hydrogen-bond donors (Lipinski definition) is 2. The van der Waals surface area contributed by atoms with Gasteiger partial charge < -0.3 is 20.2 Å². The van der Waals surface area contributed by atoms with E-state index >= 15 is 0 Å². The van der Waals surface area contributed by atoms with Crippen LogP contribution in [0, 0.1) is 5.82 Å². The molecular formula is C16H26FIN4O. The fourth-order valence-electron chi connectivity index (χ4n) is 2.54. The predicted octanol–water partition coefficient (Wildman–Crippen LogP) is 2.04. The molecule has 1 aromatic carbocycles. The minimum atomic E-state index is -0.291. The lowest BCUT2D eigenvalue weighted by Gasteiger charge is -2.21. The monoisotopic (exact) mass is 436 g/mol. The molecule has 0 amide bonds. The maximum Gasteiger partial charge on any atom is 0.194 e. The van der Waals surface area contributed by atoms with Gasteiger partial charge >= 0.3 is 0 Å². The minimum absolute atomic E-state index is 0. The summed E-state index contributed by atoms with van der Waals surface area (Å²) in [5.41, 5.74) is 1.40. The normalized spacial score (nSPS) is 17.9. The molecule has 1 saturated heterocycles. The zero-order chi connectivity index (χ0) is 16.1. The van der Waals surface area contributed by atoms with Gasteiger partial charge in [0.15, 0.2) is 5.96 Å². The van der Waals surface area contributed by atoms with Gasteiger partial charge in [-0.1, -0.05) is 6.07 Å². The van der Waals surface area contributed by atoms with Crippen LogP contribution in [-0.2, 0) is 6.54 Å². The van der Waals surface area contributed by atoms with E-state index in [4.69, 9.17) is 0 Å². The molecule has 0 unspecified atom stereocenters. The third kappa shape index (κ3) is 5.49. The quantitative estimate of drug-likeness (QED) is 0.431. The molecule has 2 rings (SSSR count). The first-order chi connectivity index (χ1) is 10.5. The van der Waals surface area contributed by atoms with E-state index in [1.165, 1.54) is 6.07 Å². The molecule has 7 heteroatoms. The summed E-state index contributed by atoms with van der Waals surface area (Å²) in [6.45, 7) is 4.58. The summed E-state index contributed by atoms with van der Waals surface area (Å²) < 4.78 is 14.0. The van der Waals surface area contributed by atoms with E-state index in [9.17, 15) is 9.50 Å². The Morgan fingerprint density at radius 3 is 2.74 bits per heavy atom. The third-order valence-electron chi connectivity index (χ3n) is 3.70. The van der Waals surface area contributed by atoms with Gasteiger partial charge in [0.25, 0.3) is 0 Å². The van der Waals surface area contributed by atoms with E-state index < -0.39 is 0 Å². The highest BCUT2D eigenvalue weighted by molar-refractivity contribution is 14.0. The van der Waals surface area contributed by atoms with E-state index in [1.807, 2.05) is 32.0 Å². The number of benzene rings is 1.